The third-order valence-corrected chi connectivity index (χ3v) is 0.827. The summed E-state index contributed by atoms with van der Waals surface area (Å²) >= 11 is 0. The molecule has 0 N–H and O–H groups in total. The van der Waals surface area contributed by atoms with E-state index in [2.05, 4.69) is 0 Å². The van der Waals surface area contributed by atoms with Crippen molar-refractivity contribution in [3.8, 4) is 0 Å². The van der Waals surface area contributed by atoms with E-state index >= 15 is 0 Å². The van der Waals surface area contributed by atoms with Crippen LogP contribution in [0.25, 0.3) is 0 Å². The average Bonchev–Trinajstić information content (AvgIpc) is 2.51. The maximum Gasteiger partial charge on any atom is 0.0466 e. The molecule has 0 aromatic heterocycles. The summed E-state index contributed by atoms with van der Waals surface area (Å²) < 4.78 is 16.4. The van der Waals surface area contributed by atoms with E-state index in [0.29, 0.717) is 0 Å². The van der Waals surface area contributed by atoms with Crippen LogP contribution in [-0.2, 0) is 4.74 Å². The Balaban J connectivity index is -0.0000000875. The van der Waals surface area contributed by atoms with E-state index < -0.39 is 0 Å². The first-order valence-corrected chi connectivity index (χ1v) is 2.08. The van der Waals surface area contributed by atoms with E-state index in [-0.39, 0.29) is 7.43 Å². The summed E-state index contributed by atoms with van der Waals surface area (Å²) in [6.45, 7) is 2.00. The minimum Gasteiger partial charge on any atom is -0.381 e. The summed E-state index contributed by atoms with van der Waals surface area (Å²) in [7, 11) is 2.50. The quantitative estimate of drug-likeness (QED) is 0.480. The Morgan fingerprint density at radius 2 is 1.38 bits per heavy atom. The van der Waals surface area contributed by atoms with Gasteiger partial charge in [0, 0.05) is 16.0 Å². The molecule has 0 aromatic carbocycles. The topological polar surface area (TPSA) is 9.23 Å². The largest absolute Gasteiger partial charge is 0.381 e. The average molecular weight is 122 g/mol. The Hall–Kier alpha value is -0.0400. The molecule has 1 heteroatoms. The Bertz CT molecular complexity index is 23.2. The van der Waals surface area contributed by atoms with Crippen LogP contribution in [0.4, 0.5) is 0 Å². The van der Waals surface area contributed by atoms with Crippen LogP contribution in [0.15, 0.2) is 0 Å². The standard InChI is InChI=1S/C4H8O.3CH4/c1-2-4-5-3-1;;;/h1-4H2;3*1H4/i;2*1D;. The molecule has 0 atom stereocenters. The SMILES string of the molecule is C.C1CCOC1.[2H]C.[2H]C. The first-order valence-electron chi connectivity index (χ1n) is 4.08. The molecule has 54 valence electrons. The first kappa shape index (κ1) is 7.96. The molecule has 1 aliphatic rings. The van der Waals surface area contributed by atoms with Gasteiger partial charge in [0.1, 0.15) is 0 Å². The second-order valence-corrected chi connectivity index (χ2v) is 1.32. The van der Waals surface area contributed by atoms with Crippen molar-refractivity contribution in [3.05, 3.63) is 0 Å². The second kappa shape index (κ2) is 10.0. The lowest BCUT2D eigenvalue weighted by Gasteiger charge is -1.76. The monoisotopic (exact) mass is 122 g/mol. The minimum atomic E-state index is 0. The van der Waals surface area contributed by atoms with Crippen molar-refractivity contribution < 1.29 is 7.48 Å². The Morgan fingerprint density at radius 1 is 1.00 bits per heavy atom. The number of rotatable bonds is 0. The van der Waals surface area contributed by atoms with Gasteiger partial charge in [-0.25, -0.2) is 0 Å². The minimum absolute atomic E-state index is 0. The lowest BCUT2D eigenvalue weighted by Crippen LogP contribution is -1.74. The summed E-state index contributed by atoms with van der Waals surface area (Å²) in [4.78, 5) is 0. The van der Waals surface area contributed by atoms with E-state index in [4.69, 9.17) is 7.48 Å². The van der Waals surface area contributed by atoms with Crippen LogP contribution in [0.5, 0.6) is 0 Å². The molecule has 1 nitrogen and oxygen atoms in total. The van der Waals surface area contributed by atoms with Gasteiger partial charge in [-0.1, -0.05) is 22.2 Å². The molecule has 0 spiro atoms. The summed E-state index contributed by atoms with van der Waals surface area (Å²) in [5, 5.41) is 0. The van der Waals surface area contributed by atoms with Gasteiger partial charge in [0.15, 0.2) is 0 Å². The molecule has 0 radical (unpaired) electrons. The smallest absolute Gasteiger partial charge is 0.0466 e. The Labute approximate surface area is 56.9 Å². The lowest BCUT2D eigenvalue weighted by atomic mass is 10.4. The molecule has 0 aromatic rings. The van der Waals surface area contributed by atoms with Gasteiger partial charge in [0.2, 0.25) is 0 Å². The molecule has 1 heterocycles. The zero-order valence-corrected chi connectivity index (χ0v) is 5.24. The third kappa shape index (κ3) is 5.96. The van der Waals surface area contributed by atoms with Crippen molar-refractivity contribution in [2.45, 2.75) is 35.1 Å². The summed E-state index contributed by atoms with van der Waals surface area (Å²) in [6, 6.07) is 0. The highest BCUT2D eigenvalue weighted by molar-refractivity contribution is 4.43. The van der Waals surface area contributed by atoms with E-state index in [1.54, 1.807) is 0 Å². The summed E-state index contributed by atoms with van der Waals surface area (Å²) in [5.74, 6) is 0. The van der Waals surface area contributed by atoms with Gasteiger partial charge in [0.05, 0.1) is 0 Å². The van der Waals surface area contributed by atoms with Gasteiger partial charge in [-0.2, -0.15) is 0 Å². The van der Waals surface area contributed by atoms with Gasteiger partial charge in [0.25, 0.3) is 0 Å². The van der Waals surface area contributed by atoms with Crippen LogP contribution in [-0.4, -0.2) is 13.2 Å². The maximum absolute atomic E-state index is 5.75. The highest BCUT2D eigenvalue weighted by atomic mass is 16.5. The fourth-order valence-corrected chi connectivity index (χ4v) is 0.510. The molecule has 1 fully saturated rings. The predicted molar refractivity (Wildman–Crippen MR) is 40.2 cm³/mol. The van der Waals surface area contributed by atoms with Crippen LogP contribution in [0.3, 0.4) is 0 Å². The zero-order chi connectivity index (χ0) is 7.54. The molecule has 0 amide bonds. The molecule has 0 saturated carbocycles. The van der Waals surface area contributed by atoms with Crippen molar-refractivity contribution >= 4 is 0 Å². The highest BCUT2D eigenvalue weighted by Gasteiger charge is 1.94. The van der Waals surface area contributed by atoms with Crippen LogP contribution in [0.2, 0.25) is 0 Å². The van der Waals surface area contributed by atoms with Crippen molar-refractivity contribution in [3.63, 3.8) is 0 Å². The normalized spacial score (nSPS) is 16.8. The molecule has 1 saturated heterocycles. The molecule has 1 rings (SSSR count). The second-order valence-electron chi connectivity index (χ2n) is 1.32. The number of hydrogen-bond acceptors (Lipinski definition) is 1. The van der Waals surface area contributed by atoms with E-state index in [1.165, 1.54) is 27.6 Å². The van der Waals surface area contributed by atoms with E-state index in [9.17, 15) is 0 Å². The molecule has 1 aliphatic heterocycles. The van der Waals surface area contributed by atoms with E-state index in [0.717, 1.165) is 13.2 Å². The van der Waals surface area contributed by atoms with Gasteiger partial charge >= 0.3 is 0 Å². The number of hydrogen-bond donors (Lipinski definition) is 0. The molecular weight excluding hydrogens is 100 g/mol. The Morgan fingerprint density at radius 3 is 1.50 bits per heavy atom. The number of ether oxygens (including phenoxy) is 1. The maximum atomic E-state index is 5.75. The third-order valence-electron chi connectivity index (χ3n) is 0.827. The van der Waals surface area contributed by atoms with Gasteiger partial charge < -0.3 is 4.74 Å². The van der Waals surface area contributed by atoms with Crippen LogP contribution >= 0.6 is 0 Å². The van der Waals surface area contributed by atoms with Crippen LogP contribution in [0.1, 0.15) is 37.8 Å². The fraction of sp³-hybridized carbons (Fsp3) is 1.00. The Kier molecular flexibility index (Phi) is 10.00. The molecule has 0 aliphatic carbocycles. The predicted octanol–water partition coefficient (Wildman–Crippen LogP) is 2.71. The van der Waals surface area contributed by atoms with Crippen molar-refractivity contribution in [2.24, 2.45) is 0 Å². The molecule has 8 heavy (non-hydrogen) atoms. The summed E-state index contributed by atoms with van der Waals surface area (Å²) in [5.41, 5.74) is 0. The van der Waals surface area contributed by atoms with Crippen molar-refractivity contribution in [1.29, 1.82) is 0 Å². The first-order chi connectivity index (χ1) is 4.50. The molecular formula is C7H20O. The summed E-state index contributed by atoms with van der Waals surface area (Å²) in [6.07, 6.45) is 2.56. The highest BCUT2D eigenvalue weighted by Crippen LogP contribution is 1.98. The molecule has 0 unspecified atom stereocenters. The van der Waals surface area contributed by atoms with Gasteiger partial charge in [-0.3, -0.25) is 0 Å². The van der Waals surface area contributed by atoms with Crippen LogP contribution in [0, 0.1) is 0 Å². The fourth-order valence-electron chi connectivity index (χ4n) is 0.510. The van der Waals surface area contributed by atoms with Crippen molar-refractivity contribution in [1.82, 2.24) is 0 Å². The molecule has 0 bridgehead atoms. The van der Waals surface area contributed by atoms with Crippen molar-refractivity contribution in [2.75, 3.05) is 13.2 Å². The van der Waals surface area contributed by atoms with Gasteiger partial charge in [-0.15, -0.1) is 0 Å². The lowest BCUT2D eigenvalue weighted by molar-refractivity contribution is 0.198. The van der Waals surface area contributed by atoms with Gasteiger partial charge in [-0.05, 0) is 12.8 Å². The zero-order valence-electron chi connectivity index (χ0n) is 7.24. The van der Waals surface area contributed by atoms with Crippen LogP contribution < -0.4 is 0 Å². The van der Waals surface area contributed by atoms with E-state index in [1.807, 2.05) is 0 Å².